The number of benzene rings is 2. The third-order valence-corrected chi connectivity index (χ3v) is 4.52. The highest BCUT2D eigenvalue weighted by Gasteiger charge is 2.31. The fourth-order valence-electron chi connectivity index (χ4n) is 3.54. The summed E-state index contributed by atoms with van der Waals surface area (Å²) in [6, 6.07) is 16.8. The van der Waals surface area contributed by atoms with Gasteiger partial charge in [-0.25, -0.2) is 4.98 Å². The number of nitrogen functional groups attached to an aromatic ring is 2. The Kier molecular flexibility index (Phi) is 2.48. The molecule has 0 radical (unpaired) electrons. The molecule has 0 saturated carbocycles. The van der Waals surface area contributed by atoms with E-state index in [0.29, 0.717) is 17.0 Å². The number of fused-ring (bicyclic) bond motifs is 4. The molecule has 2 aromatic heterocycles. The quantitative estimate of drug-likeness (QED) is 0.441. The zero-order chi connectivity index (χ0) is 16.3. The van der Waals surface area contributed by atoms with Crippen molar-refractivity contribution in [3.05, 3.63) is 65.5 Å². The summed E-state index contributed by atoms with van der Waals surface area (Å²) in [5.41, 5.74) is 17.7. The van der Waals surface area contributed by atoms with Crippen LogP contribution >= 0.6 is 0 Å². The fraction of sp³-hybridized carbons (Fsp3) is 0.0556. The van der Waals surface area contributed by atoms with Gasteiger partial charge in [0.15, 0.2) is 11.5 Å². The number of nitrogens with two attached hydrogens (primary N) is 2. The highest BCUT2D eigenvalue weighted by atomic mass is 15.1. The molecule has 6 nitrogen and oxygen atoms in total. The number of anilines is 2. The molecule has 0 saturated heterocycles. The standard InChI is InChI=1S/C18H14N6/c19-15-14-17(24-18(20)22-15)23-16(21-14)13-11-7-3-1-5-9(11)10-6-2-4-8-12(10)13/h1-8,13H,(H5,19,20,21,22,23,24). The second kappa shape index (κ2) is 4.55. The number of aromatic nitrogens is 4. The molecule has 1 aliphatic carbocycles. The van der Waals surface area contributed by atoms with Crippen molar-refractivity contribution >= 4 is 22.9 Å². The number of nitrogens with zero attached hydrogens (tertiary/aromatic N) is 3. The van der Waals surface area contributed by atoms with Gasteiger partial charge in [0.05, 0.1) is 5.92 Å². The molecule has 0 unspecified atom stereocenters. The Morgan fingerprint density at radius 1 is 0.792 bits per heavy atom. The van der Waals surface area contributed by atoms with Gasteiger partial charge in [-0.3, -0.25) is 0 Å². The largest absolute Gasteiger partial charge is 0.382 e. The van der Waals surface area contributed by atoms with Crippen LogP contribution in [0, 0.1) is 0 Å². The molecule has 5 rings (SSSR count). The van der Waals surface area contributed by atoms with E-state index in [2.05, 4.69) is 56.3 Å². The van der Waals surface area contributed by atoms with Crippen molar-refractivity contribution in [2.24, 2.45) is 0 Å². The monoisotopic (exact) mass is 314 g/mol. The topological polar surface area (TPSA) is 106 Å². The maximum atomic E-state index is 5.96. The summed E-state index contributed by atoms with van der Waals surface area (Å²) in [4.78, 5) is 16.1. The highest BCUT2D eigenvalue weighted by molar-refractivity contribution is 5.84. The third kappa shape index (κ3) is 1.68. The van der Waals surface area contributed by atoms with Gasteiger partial charge in [-0.15, -0.1) is 0 Å². The van der Waals surface area contributed by atoms with Gasteiger partial charge in [-0.05, 0) is 22.3 Å². The Labute approximate surface area is 137 Å². The summed E-state index contributed by atoms with van der Waals surface area (Å²) in [6.45, 7) is 0. The molecule has 0 fully saturated rings. The Hall–Kier alpha value is -3.41. The lowest BCUT2D eigenvalue weighted by atomic mass is 9.96. The maximum absolute atomic E-state index is 5.96. The van der Waals surface area contributed by atoms with Crippen LogP contribution in [0.4, 0.5) is 11.8 Å². The summed E-state index contributed by atoms with van der Waals surface area (Å²) in [5.74, 6) is 1.27. The molecular weight excluding hydrogens is 300 g/mol. The number of aromatic amines is 1. The summed E-state index contributed by atoms with van der Waals surface area (Å²) in [5, 5.41) is 0. The van der Waals surface area contributed by atoms with E-state index in [0.717, 1.165) is 5.82 Å². The average Bonchev–Trinajstić information content (AvgIpc) is 3.13. The lowest BCUT2D eigenvalue weighted by Crippen LogP contribution is -2.01. The van der Waals surface area contributed by atoms with Crippen LogP contribution in [0.3, 0.4) is 0 Å². The second-order valence-corrected chi connectivity index (χ2v) is 5.90. The first-order chi connectivity index (χ1) is 11.7. The Balaban J connectivity index is 1.79. The lowest BCUT2D eigenvalue weighted by molar-refractivity contribution is 0.914. The van der Waals surface area contributed by atoms with Crippen LogP contribution in [0.1, 0.15) is 22.9 Å². The molecule has 4 aromatic rings. The first-order valence-electron chi connectivity index (χ1n) is 7.69. The second-order valence-electron chi connectivity index (χ2n) is 5.90. The maximum Gasteiger partial charge on any atom is 0.224 e. The fourth-order valence-corrected chi connectivity index (χ4v) is 3.54. The van der Waals surface area contributed by atoms with Gasteiger partial charge >= 0.3 is 0 Å². The van der Waals surface area contributed by atoms with Gasteiger partial charge in [-0.2, -0.15) is 9.97 Å². The minimum absolute atomic E-state index is 0.0206. The van der Waals surface area contributed by atoms with Crippen molar-refractivity contribution < 1.29 is 0 Å². The summed E-state index contributed by atoms with van der Waals surface area (Å²) in [7, 11) is 0. The molecule has 5 N–H and O–H groups in total. The molecule has 2 aromatic carbocycles. The summed E-state index contributed by atoms with van der Waals surface area (Å²) < 4.78 is 0. The molecule has 0 atom stereocenters. The molecule has 0 bridgehead atoms. The number of nitrogens with one attached hydrogen (secondary N) is 1. The van der Waals surface area contributed by atoms with Gasteiger partial charge in [-0.1, -0.05) is 48.5 Å². The van der Waals surface area contributed by atoms with E-state index >= 15 is 0 Å². The minimum Gasteiger partial charge on any atom is -0.382 e. The van der Waals surface area contributed by atoms with E-state index in [-0.39, 0.29) is 11.9 Å². The smallest absolute Gasteiger partial charge is 0.224 e. The lowest BCUT2D eigenvalue weighted by Gasteiger charge is -2.10. The van der Waals surface area contributed by atoms with Crippen molar-refractivity contribution in [3.63, 3.8) is 0 Å². The number of rotatable bonds is 1. The first-order valence-corrected chi connectivity index (χ1v) is 7.69. The van der Waals surface area contributed by atoms with E-state index in [4.69, 9.17) is 11.5 Å². The van der Waals surface area contributed by atoms with E-state index in [1.54, 1.807) is 0 Å². The van der Waals surface area contributed by atoms with E-state index in [1.807, 2.05) is 12.1 Å². The van der Waals surface area contributed by atoms with Crippen LogP contribution in [-0.2, 0) is 0 Å². The summed E-state index contributed by atoms with van der Waals surface area (Å²) >= 11 is 0. The van der Waals surface area contributed by atoms with Crippen LogP contribution < -0.4 is 11.5 Å². The molecule has 0 amide bonds. The minimum atomic E-state index is 0.0206. The van der Waals surface area contributed by atoms with Gasteiger partial charge in [0, 0.05) is 0 Å². The van der Waals surface area contributed by atoms with Crippen LogP contribution in [-0.4, -0.2) is 19.9 Å². The van der Waals surface area contributed by atoms with E-state index in [9.17, 15) is 0 Å². The zero-order valence-corrected chi connectivity index (χ0v) is 12.7. The van der Waals surface area contributed by atoms with Crippen LogP contribution in [0.2, 0.25) is 0 Å². The van der Waals surface area contributed by atoms with Gasteiger partial charge in [0.25, 0.3) is 0 Å². The Morgan fingerprint density at radius 3 is 2.08 bits per heavy atom. The zero-order valence-electron chi connectivity index (χ0n) is 12.7. The average molecular weight is 314 g/mol. The number of H-pyrrole nitrogens is 1. The molecule has 2 heterocycles. The summed E-state index contributed by atoms with van der Waals surface area (Å²) in [6.07, 6.45) is 0. The van der Waals surface area contributed by atoms with Crippen LogP contribution in [0.25, 0.3) is 22.3 Å². The Morgan fingerprint density at radius 2 is 1.42 bits per heavy atom. The van der Waals surface area contributed by atoms with Crippen LogP contribution in [0.15, 0.2) is 48.5 Å². The predicted octanol–water partition coefficient (Wildman–Crippen LogP) is 2.68. The number of imidazole rings is 1. The number of hydrogen-bond acceptors (Lipinski definition) is 5. The third-order valence-electron chi connectivity index (χ3n) is 4.52. The van der Waals surface area contributed by atoms with E-state index < -0.39 is 0 Å². The van der Waals surface area contributed by atoms with Crippen molar-refractivity contribution in [2.45, 2.75) is 5.92 Å². The first kappa shape index (κ1) is 13.1. The molecule has 1 aliphatic rings. The highest BCUT2D eigenvalue weighted by Crippen LogP contribution is 2.47. The molecule has 0 spiro atoms. The molecule has 6 heteroatoms. The van der Waals surface area contributed by atoms with Crippen molar-refractivity contribution in [3.8, 4) is 11.1 Å². The molecule has 24 heavy (non-hydrogen) atoms. The van der Waals surface area contributed by atoms with Gasteiger partial charge < -0.3 is 16.5 Å². The van der Waals surface area contributed by atoms with Crippen molar-refractivity contribution in [2.75, 3.05) is 11.5 Å². The van der Waals surface area contributed by atoms with Crippen molar-refractivity contribution in [1.29, 1.82) is 0 Å². The molecule has 0 aliphatic heterocycles. The van der Waals surface area contributed by atoms with Gasteiger partial charge in [0.1, 0.15) is 11.3 Å². The predicted molar refractivity (Wildman–Crippen MR) is 93.3 cm³/mol. The molecule has 116 valence electrons. The van der Waals surface area contributed by atoms with Crippen molar-refractivity contribution in [1.82, 2.24) is 19.9 Å². The van der Waals surface area contributed by atoms with Gasteiger partial charge in [0.2, 0.25) is 5.95 Å². The van der Waals surface area contributed by atoms with Crippen LogP contribution in [0.5, 0.6) is 0 Å². The SMILES string of the molecule is Nc1nc(N)c2[nH]c(C3c4ccccc4-c4ccccc43)nc2n1. The van der Waals surface area contributed by atoms with E-state index in [1.165, 1.54) is 22.3 Å². The normalized spacial score (nSPS) is 13.2. The Bertz CT molecular complexity index is 1050. The molecular formula is C18H14N6. The number of hydrogen-bond donors (Lipinski definition) is 3.